The minimum atomic E-state index is -4.08. The van der Waals surface area contributed by atoms with E-state index in [9.17, 15) is 8.42 Å². The molecule has 23 heavy (non-hydrogen) atoms. The second-order valence-corrected chi connectivity index (χ2v) is 7.64. The molecule has 1 aliphatic heterocycles. The largest absolute Gasteiger partial charge is 0.341 e. The zero-order chi connectivity index (χ0) is 16.7. The van der Waals surface area contributed by atoms with Crippen molar-refractivity contribution in [1.82, 2.24) is 0 Å². The Bertz CT molecular complexity index is 674. The molecule has 1 heterocycles. The van der Waals surface area contributed by atoms with Crippen LogP contribution in [0.3, 0.4) is 0 Å². The average molecular weight is 362 g/mol. The Morgan fingerprint density at radius 3 is 2.57 bits per heavy atom. The van der Waals surface area contributed by atoms with E-state index < -0.39 is 34.4 Å². The van der Waals surface area contributed by atoms with Gasteiger partial charge in [0, 0.05) is 23.4 Å². The predicted octanol–water partition coefficient (Wildman–Crippen LogP) is 2.68. The number of hydrogen-bond donors (Lipinski definition) is 1. The highest BCUT2D eigenvalue weighted by Crippen LogP contribution is 2.49. The molecule has 3 rings (SSSR count). The first-order chi connectivity index (χ1) is 10.8. The Morgan fingerprint density at radius 2 is 1.96 bits per heavy atom. The first-order valence-corrected chi connectivity index (χ1v) is 9.46. The van der Waals surface area contributed by atoms with E-state index in [1.807, 2.05) is 18.2 Å². The van der Waals surface area contributed by atoms with Crippen molar-refractivity contribution in [3.05, 3.63) is 34.9 Å². The lowest BCUT2D eigenvalue weighted by Crippen LogP contribution is -2.36. The molecule has 8 heteroatoms. The van der Waals surface area contributed by atoms with Crippen LogP contribution in [0.15, 0.2) is 24.3 Å². The molecule has 0 aromatic heterocycles. The molecular weight excluding hydrogens is 342 g/mol. The van der Waals surface area contributed by atoms with Crippen molar-refractivity contribution in [1.29, 1.82) is 0 Å². The van der Waals surface area contributed by atoms with E-state index >= 15 is 0 Å². The minimum Gasteiger partial charge on any atom is -0.341 e. The summed E-state index contributed by atoms with van der Waals surface area (Å²) in [6.45, 7) is 1.61. The molecule has 2 aliphatic rings. The molecule has 1 saturated carbocycles. The lowest BCUT2D eigenvalue weighted by molar-refractivity contribution is -0.175. The van der Waals surface area contributed by atoms with Gasteiger partial charge in [0.15, 0.2) is 5.79 Å². The number of nitrogens with two attached hydrogens (primary N) is 1. The smallest absolute Gasteiger partial charge is 0.333 e. The van der Waals surface area contributed by atoms with Crippen LogP contribution >= 0.6 is 11.6 Å². The van der Waals surface area contributed by atoms with Crippen LogP contribution in [0, 0.1) is 0 Å². The van der Waals surface area contributed by atoms with Gasteiger partial charge in [0.05, 0.1) is 0 Å². The highest BCUT2D eigenvalue weighted by molar-refractivity contribution is 7.84. The van der Waals surface area contributed by atoms with Gasteiger partial charge < -0.3 is 9.47 Å². The fourth-order valence-corrected chi connectivity index (χ4v) is 4.12. The standard InChI is InChI=1S/C15H20ClNO5S/c1-10(22-23(17,18)19)13-14(11-6-2-3-7-12(11)16)21-15(20-13)8-4-5-9-15/h2-3,6-7,10,13-14H,4-5,8-9H2,1H3,(H2,17,18,19). The lowest BCUT2D eigenvalue weighted by atomic mass is 10.0. The van der Waals surface area contributed by atoms with E-state index in [1.54, 1.807) is 13.0 Å². The van der Waals surface area contributed by atoms with Crippen molar-refractivity contribution in [2.75, 3.05) is 0 Å². The van der Waals surface area contributed by atoms with Crippen LogP contribution < -0.4 is 5.14 Å². The highest BCUT2D eigenvalue weighted by atomic mass is 35.5. The average Bonchev–Trinajstić information content (AvgIpc) is 3.06. The fourth-order valence-electron chi connectivity index (χ4n) is 3.34. The van der Waals surface area contributed by atoms with Crippen LogP contribution in [-0.2, 0) is 24.0 Å². The summed E-state index contributed by atoms with van der Waals surface area (Å²) in [5.41, 5.74) is 0.757. The summed E-state index contributed by atoms with van der Waals surface area (Å²) in [6.07, 6.45) is 1.66. The van der Waals surface area contributed by atoms with Crippen molar-refractivity contribution >= 4 is 21.9 Å². The second kappa shape index (κ2) is 6.31. The molecule has 0 bridgehead atoms. The van der Waals surface area contributed by atoms with Crippen molar-refractivity contribution in [3.63, 3.8) is 0 Å². The Balaban J connectivity index is 1.92. The van der Waals surface area contributed by atoms with Gasteiger partial charge in [-0.2, -0.15) is 8.42 Å². The molecule has 2 N–H and O–H groups in total. The Kier molecular flexibility index (Phi) is 4.70. The van der Waals surface area contributed by atoms with Crippen LogP contribution in [0.5, 0.6) is 0 Å². The van der Waals surface area contributed by atoms with Crippen molar-refractivity contribution in [2.24, 2.45) is 5.14 Å². The summed E-state index contributed by atoms with van der Waals surface area (Å²) >= 11 is 6.28. The molecule has 6 nitrogen and oxygen atoms in total. The number of benzene rings is 1. The Labute approximate surface area is 141 Å². The van der Waals surface area contributed by atoms with Gasteiger partial charge in [0.25, 0.3) is 0 Å². The fraction of sp³-hybridized carbons (Fsp3) is 0.600. The molecular formula is C15H20ClNO5S. The summed E-state index contributed by atoms with van der Waals surface area (Å²) in [5.74, 6) is -0.690. The van der Waals surface area contributed by atoms with Crippen LogP contribution in [0.1, 0.15) is 44.3 Å². The third-order valence-electron chi connectivity index (χ3n) is 4.32. The van der Waals surface area contributed by atoms with Gasteiger partial charge in [-0.1, -0.05) is 29.8 Å². The quantitative estimate of drug-likeness (QED) is 0.890. The molecule has 1 saturated heterocycles. The minimum absolute atomic E-state index is 0.501. The predicted molar refractivity (Wildman–Crippen MR) is 85.0 cm³/mol. The van der Waals surface area contributed by atoms with Crippen molar-refractivity contribution in [2.45, 2.75) is 56.7 Å². The highest BCUT2D eigenvalue weighted by Gasteiger charge is 2.52. The molecule has 1 spiro atoms. The molecule has 1 aliphatic carbocycles. The monoisotopic (exact) mass is 361 g/mol. The molecule has 1 aromatic rings. The van der Waals surface area contributed by atoms with Gasteiger partial charge in [0.2, 0.25) is 0 Å². The Morgan fingerprint density at radius 1 is 1.30 bits per heavy atom. The van der Waals surface area contributed by atoms with E-state index in [0.717, 1.165) is 31.2 Å². The summed E-state index contributed by atoms with van der Waals surface area (Å²) in [4.78, 5) is 0. The molecule has 3 unspecified atom stereocenters. The van der Waals surface area contributed by atoms with Crippen LogP contribution in [0.4, 0.5) is 0 Å². The number of hydrogen-bond acceptors (Lipinski definition) is 5. The summed E-state index contributed by atoms with van der Waals surface area (Å²) in [5, 5.41) is 5.54. The first kappa shape index (κ1) is 17.1. The zero-order valence-corrected chi connectivity index (χ0v) is 14.3. The summed E-state index contributed by atoms with van der Waals surface area (Å²) in [7, 11) is -4.08. The van der Waals surface area contributed by atoms with Crippen LogP contribution in [0.25, 0.3) is 0 Å². The van der Waals surface area contributed by atoms with Crippen molar-refractivity contribution < 1.29 is 22.1 Å². The molecule has 2 fully saturated rings. The number of halogens is 1. The zero-order valence-electron chi connectivity index (χ0n) is 12.8. The molecule has 0 radical (unpaired) electrons. The number of ether oxygens (including phenoxy) is 2. The van der Waals surface area contributed by atoms with Gasteiger partial charge in [-0.3, -0.25) is 4.18 Å². The van der Waals surface area contributed by atoms with E-state index in [1.165, 1.54) is 0 Å². The van der Waals surface area contributed by atoms with E-state index in [-0.39, 0.29) is 0 Å². The van der Waals surface area contributed by atoms with Gasteiger partial charge in [0.1, 0.15) is 18.3 Å². The molecule has 1 aromatic carbocycles. The molecule has 128 valence electrons. The maximum absolute atomic E-state index is 11.3. The number of rotatable bonds is 4. The van der Waals surface area contributed by atoms with Gasteiger partial charge >= 0.3 is 10.3 Å². The van der Waals surface area contributed by atoms with E-state index in [4.69, 9.17) is 30.4 Å². The van der Waals surface area contributed by atoms with E-state index in [2.05, 4.69) is 0 Å². The third kappa shape index (κ3) is 3.70. The van der Waals surface area contributed by atoms with Crippen LogP contribution in [0.2, 0.25) is 5.02 Å². The second-order valence-electron chi connectivity index (χ2n) is 6.05. The maximum atomic E-state index is 11.3. The van der Waals surface area contributed by atoms with Gasteiger partial charge in [-0.25, -0.2) is 5.14 Å². The molecule has 0 amide bonds. The topological polar surface area (TPSA) is 87.9 Å². The first-order valence-electron chi connectivity index (χ1n) is 7.61. The van der Waals surface area contributed by atoms with Crippen molar-refractivity contribution in [3.8, 4) is 0 Å². The third-order valence-corrected chi connectivity index (χ3v) is 5.23. The van der Waals surface area contributed by atoms with Crippen LogP contribution in [-0.4, -0.2) is 26.4 Å². The lowest BCUT2D eigenvalue weighted by Gasteiger charge is -2.23. The van der Waals surface area contributed by atoms with E-state index in [0.29, 0.717) is 5.02 Å². The normalized spacial score (nSPS) is 28.3. The maximum Gasteiger partial charge on any atom is 0.333 e. The SMILES string of the molecule is CC(OS(N)(=O)=O)C1OC2(CCCC2)OC1c1ccccc1Cl. The molecule has 3 atom stereocenters. The Hall–Kier alpha value is -0.700. The van der Waals surface area contributed by atoms with Gasteiger partial charge in [-0.15, -0.1) is 0 Å². The summed E-state index contributed by atoms with van der Waals surface area (Å²) < 4.78 is 39.7. The summed E-state index contributed by atoms with van der Waals surface area (Å²) in [6, 6.07) is 7.29. The van der Waals surface area contributed by atoms with Gasteiger partial charge in [-0.05, 0) is 25.8 Å².